The van der Waals surface area contributed by atoms with Crippen LogP contribution in [0, 0.1) is 17.5 Å². The van der Waals surface area contributed by atoms with Gasteiger partial charge in [-0.25, -0.2) is 13.6 Å². The number of hydrogen-bond donors (Lipinski definition) is 1. The molecule has 0 heterocycles. The molecule has 0 bridgehead atoms. The highest BCUT2D eigenvalue weighted by Crippen LogP contribution is 2.42. The lowest BCUT2D eigenvalue weighted by Crippen LogP contribution is -2.28. The third kappa shape index (κ3) is 4.02. The van der Waals surface area contributed by atoms with Crippen molar-refractivity contribution < 1.29 is 32.5 Å². The van der Waals surface area contributed by atoms with Crippen LogP contribution >= 0.6 is 0 Å². The molecule has 7 heteroatoms. The molecule has 1 saturated carbocycles. The maximum atomic E-state index is 15.1. The van der Waals surface area contributed by atoms with Crippen molar-refractivity contribution in [1.82, 2.24) is 0 Å². The minimum atomic E-state index is -1.40. The van der Waals surface area contributed by atoms with Gasteiger partial charge in [0.2, 0.25) is 5.82 Å². The number of hydrogen-bond acceptors (Lipinski definition) is 3. The molecule has 3 rings (SSSR count). The number of ether oxygens (including phenoxy) is 2. The van der Waals surface area contributed by atoms with Crippen LogP contribution in [-0.2, 0) is 4.79 Å². The van der Waals surface area contributed by atoms with Gasteiger partial charge in [0.05, 0.1) is 6.10 Å². The van der Waals surface area contributed by atoms with E-state index in [1.54, 1.807) is 0 Å². The van der Waals surface area contributed by atoms with E-state index in [0.29, 0.717) is 0 Å². The van der Waals surface area contributed by atoms with Gasteiger partial charge in [0.25, 0.3) is 0 Å². The van der Waals surface area contributed by atoms with Gasteiger partial charge in [-0.1, -0.05) is 19.1 Å². The maximum Gasteiger partial charge on any atom is 0.344 e. The van der Waals surface area contributed by atoms with Crippen LogP contribution in [-0.4, -0.2) is 23.3 Å². The molecule has 144 valence electrons. The van der Waals surface area contributed by atoms with Crippen LogP contribution in [0.5, 0.6) is 11.5 Å². The highest BCUT2D eigenvalue weighted by molar-refractivity contribution is 5.74. The number of benzene rings is 2. The van der Waals surface area contributed by atoms with Crippen molar-refractivity contribution in [1.29, 1.82) is 0 Å². The Morgan fingerprint density at radius 2 is 1.96 bits per heavy atom. The fourth-order valence-corrected chi connectivity index (χ4v) is 2.78. The SMILES string of the molecule is CCC(Oc1c(F)cc(-c2cccc(F)c2)c(OC2CCC2)c1F)C(=O)O. The third-order valence-electron chi connectivity index (χ3n) is 4.51. The van der Waals surface area contributed by atoms with E-state index in [0.717, 1.165) is 31.4 Å². The van der Waals surface area contributed by atoms with Crippen LogP contribution in [0.25, 0.3) is 11.1 Å². The average Bonchev–Trinajstić information content (AvgIpc) is 2.58. The summed E-state index contributed by atoms with van der Waals surface area (Å²) >= 11 is 0. The summed E-state index contributed by atoms with van der Waals surface area (Å²) in [6.45, 7) is 1.53. The fourth-order valence-electron chi connectivity index (χ4n) is 2.78. The van der Waals surface area contributed by atoms with Crippen LogP contribution in [0.2, 0.25) is 0 Å². The monoisotopic (exact) mass is 380 g/mol. The summed E-state index contributed by atoms with van der Waals surface area (Å²) in [4.78, 5) is 11.2. The lowest BCUT2D eigenvalue weighted by atomic mass is 9.95. The molecule has 1 fully saturated rings. The molecule has 1 N–H and O–H groups in total. The lowest BCUT2D eigenvalue weighted by molar-refractivity contribution is -0.145. The highest BCUT2D eigenvalue weighted by atomic mass is 19.1. The predicted molar refractivity (Wildman–Crippen MR) is 92.4 cm³/mol. The van der Waals surface area contributed by atoms with Gasteiger partial charge in [-0.05, 0) is 49.4 Å². The number of halogens is 3. The number of carbonyl (C=O) groups is 1. The van der Waals surface area contributed by atoms with E-state index < -0.39 is 35.3 Å². The van der Waals surface area contributed by atoms with Crippen molar-refractivity contribution in [3.63, 3.8) is 0 Å². The van der Waals surface area contributed by atoms with Crippen molar-refractivity contribution in [2.45, 2.75) is 44.8 Å². The van der Waals surface area contributed by atoms with Gasteiger partial charge in [-0.2, -0.15) is 4.39 Å². The van der Waals surface area contributed by atoms with E-state index in [1.807, 2.05) is 0 Å². The zero-order valence-electron chi connectivity index (χ0n) is 14.7. The predicted octanol–water partition coefficient (Wildman–Crippen LogP) is 4.94. The number of aliphatic carboxylic acids is 1. The summed E-state index contributed by atoms with van der Waals surface area (Å²) < 4.78 is 54.0. The number of rotatable bonds is 7. The Balaban J connectivity index is 2.09. The molecule has 1 aliphatic rings. The van der Waals surface area contributed by atoms with Gasteiger partial charge in [0.15, 0.2) is 23.4 Å². The van der Waals surface area contributed by atoms with Gasteiger partial charge in [0, 0.05) is 5.56 Å². The summed E-state index contributed by atoms with van der Waals surface area (Å²) in [5.41, 5.74) is 0.297. The minimum absolute atomic E-state index is 0.0265. The van der Waals surface area contributed by atoms with Crippen LogP contribution in [0.3, 0.4) is 0 Å². The normalized spacial score (nSPS) is 15.1. The molecule has 2 aromatic carbocycles. The Kier molecular flexibility index (Phi) is 5.58. The Hall–Kier alpha value is -2.70. The van der Waals surface area contributed by atoms with E-state index in [4.69, 9.17) is 14.6 Å². The van der Waals surface area contributed by atoms with E-state index in [2.05, 4.69) is 0 Å². The number of carboxylic acids is 1. The summed E-state index contributed by atoms with van der Waals surface area (Å²) in [5, 5.41) is 9.10. The molecule has 2 aromatic rings. The molecular formula is C20H19F3O4. The molecule has 0 spiro atoms. The molecule has 0 radical (unpaired) electrons. The quantitative estimate of drug-likeness (QED) is 0.739. The summed E-state index contributed by atoms with van der Waals surface area (Å²) in [6.07, 6.45) is 0.781. The van der Waals surface area contributed by atoms with E-state index in [1.165, 1.54) is 25.1 Å². The van der Waals surface area contributed by atoms with Gasteiger partial charge in [-0.3, -0.25) is 0 Å². The van der Waals surface area contributed by atoms with Crippen LogP contribution in [0.4, 0.5) is 13.2 Å². The molecule has 27 heavy (non-hydrogen) atoms. The van der Waals surface area contributed by atoms with Crippen LogP contribution in [0.1, 0.15) is 32.6 Å². The Labute approximate surface area is 154 Å². The summed E-state index contributed by atoms with van der Waals surface area (Å²) in [6, 6.07) is 6.29. The molecule has 0 amide bonds. The second-order valence-electron chi connectivity index (χ2n) is 6.41. The molecule has 0 aliphatic heterocycles. The van der Waals surface area contributed by atoms with Gasteiger partial charge >= 0.3 is 5.97 Å². The minimum Gasteiger partial charge on any atom is -0.487 e. The molecule has 1 unspecified atom stereocenters. The first kappa shape index (κ1) is 19.1. The van der Waals surface area contributed by atoms with E-state index in [9.17, 15) is 13.6 Å². The molecule has 1 atom stereocenters. The lowest BCUT2D eigenvalue weighted by Gasteiger charge is -2.28. The Morgan fingerprint density at radius 1 is 1.22 bits per heavy atom. The van der Waals surface area contributed by atoms with Gasteiger partial charge in [-0.15, -0.1) is 0 Å². The highest BCUT2D eigenvalue weighted by Gasteiger charge is 2.29. The smallest absolute Gasteiger partial charge is 0.344 e. The standard InChI is InChI=1S/C20H19F3O4/c1-2-16(20(24)25)27-19-15(22)10-14(11-5-3-6-12(21)9-11)18(17(19)23)26-13-7-4-8-13/h3,5-6,9-10,13,16H,2,4,7-8H2,1H3,(H,24,25). The van der Waals surface area contributed by atoms with Crippen molar-refractivity contribution in [2.75, 3.05) is 0 Å². The van der Waals surface area contributed by atoms with Crippen molar-refractivity contribution in [3.05, 3.63) is 47.8 Å². The zero-order chi connectivity index (χ0) is 19.6. The molecular weight excluding hydrogens is 361 g/mol. The van der Waals surface area contributed by atoms with Gasteiger partial charge in [0.1, 0.15) is 5.82 Å². The van der Waals surface area contributed by atoms with Gasteiger partial charge < -0.3 is 14.6 Å². The van der Waals surface area contributed by atoms with E-state index >= 15 is 4.39 Å². The maximum absolute atomic E-state index is 15.1. The van der Waals surface area contributed by atoms with Crippen molar-refractivity contribution >= 4 is 5.97 Å². The Bertz CT molecular complexity index is 849. The van der Waals surface area contributed by atoms with Crippen molar-refractivity contribution in [3.8, 4) is 22.6 Å². The Morgan fingerprint density at radius 3 is 2.52 bits per heavy atom. The zero-order valence-corrected chi connectivity index (χ0v) is 14.7. The molecule has 1 aliphatic carbocycles. The fraction of sp³-hybridized carbons (Fsp3) is 0.350. The average molecular weight is 380 g/mol. The van der Waals surface area contributed by atoms with Crippen molar-refractivity contribution in [2.24, 2.45) is 0 Å². The second-order valence-corrected chi connectivity index (χ2v) is 6.41. The number of carboxylic acid groups (broad SMARTS) is 1. The molecule has 0 saturated heterocycles. The molecule has 4 nitrogen and oxygen atoms in total. The molecule has 0 aromatic heterocycles. The first-order valence-electron chi connectivity index (χ1n) is 8.74. The third-order valence-corrected chi connectivity index (χ3v) is 4.51. The van der Waals surface area contributed by atoms with Crippen LogP contribution < -0.4 is 9.47 Å². The topological polar surface area (TPSA) is 55.8 Å². The summed E-state index contributed by atoms with van der Waals surface area (Å²) in [7, 11) is 0. The van der Waals surface area contributed by atoms with Crippen LogP contribution in [0.15, 0.2) is 30.3 Å². The van der Waals surface area contributed by atoms with E-state index in [-0.39, 0.29) is 29.4 Å². The summed E-state index contributed by atoms with van der Waals surface area (Å²) in [5.74, 6) is -5.15. The second kappa shape index (κ2) is 7.90. The first-order valence-corrected chi connectivity index (χ1v) is 8.74. The first-order chi connectivity index (χ1) is 12.9. The largest absolute Gasteiger partial charge is 0.487 e.